The predicted molar refractivity (Wildman–Crippen MR) is 62.5 cm³/mol. The van der Waals surface area contributed by atoms with Gasteiger partial charge < -0.3 is 0 Å². The van der Waals surface area contributed by atoms with Gasteiger partial charge in [0.2, 0.25) is 0 Å². The number of benzene rings is 1. The van der Waals surface area contributed by atoms with Crippen molar-refractivity contribution in [2.24, 2.45) is 0 Å². The van der Waals surface area contributed by atoms with Gasteiger partial charge in [0.25, 0.3) is 0 Å². The van der Waals surface area contributed by atoms with Crippen LogP contribution in [0, 0.1) is 0 Å². The molecular weight excluding hydrogens is 176 g/mol. The van der Waals surface area contributed by atoms with Gasteiger partial charge in [-0.15, -0.1) is 0 Å². The Kier molecular flexibility index (Phi) is 4.41. The molecule has 1 aromatic carbocycles. The van der Waals surface area contributed by atoms with Gasteiger partial charge in [-0.25, -0.2) is 0 Å². The lowest BCUT2D eigenvalue weighted by atomic mass is 10.2. The summed E-state index contributed by atoms with van der Waals surface area (Å²) in [4.78, 5) is 1.30. The second-order valence-corrected chi connectivity index (χ2v) is 3.55. The van der Waals surface area contributed by atoms with Crippen molar-refractivity contribution in [2.75, 3.05) is 0 Å². The van der Waals surface area contributed by atoms with Crippen LogP contribution in [0.15, 0.2) is 47.9 Å². The Morgan fingerprint density at radius 1 is 1.15 bits per heavy atom. The van der Waals surface area contributed by atoms with E-state index in [4.69, 9.17) is 0 Å². The first-order valence-electron chi connectivity index (χ1n) is 4.38. The van der Waals surface area contributed by atoms with E-state index in [2.05, 4.69) is 48.7 Å². The quantitative estimate of drug-likeness (QED) is 0.684. The first kappa shape index (κ1) is 10.1. The highest BCUT2D eigenvalue weighted by Crippen LogP contribution is 2.27. The van der Waals surface area contributed by atoms with E-state index < -0.39 is 0 Å². The SMILES string of the molecule is CC=CSC(=CC)c1ccccc1. The van der Waals surface area contributed by atoms with Gasteiger partial charge in [-0.05, 0) is 24.8 Å². The summed E-state index contributed by atoms with van der Waals surface area (Å²) < 4.78 is 0. The van der Waals surface area contributed by atoms with Crippen molar-refractivity contribution in [1.29, 1.82) is 0 Å². The first-order chi connectivity index (χ1) is 6.38. The maximum Gasteiger partial charge on any atom is 0.0145 e. The molecule has 0 radical (unpaired) electrons. The van der Waals surface area contributed by atoms with Crippen LogP contribution < -0.4 is 0 Å². The van der Waals surface area contributed by atoms with Crippen LogP contribution in [-0.2, 0) is 0 Å². The van der Waals surface area contributed by atoms with Crippen LogP contribution in [0.4, 0.5) is 0 Å². The van der Waals surface area contributed by atoms with Gasteiger partial charge in [0.05, 0.1) is 0 Å². The van der Waals surface area contributed by atoms with Crippen molar-refractivity contribution in [3.8, 4) is 0 Å². The molecule has 0 aliphatic carbocycles. The molecule has 0 aliphatic heterocycles. The van der Waals surface area contributed by atoms with Crippen molar-refractivity contribution in [1.82, 2.24) is 0 Å². The minimum absolute atomic E-state index is 1.29. The Morgan fingerprint density at radius 3 is 2.38 bits per heavy atom. The summed E-state index contributed by atoms with van der Waals surface area (Å²) in [7, 11) is 0. The molecule has 0 saturated heterocycles. The summed E-state index contributed by atoms with van der Waals surface area (Å²) in [6.45, 7) is 4.10. The van der Waals surface area contributed by atoms with Gasteiger partial charge >= 0.3 is 0 Å². The van der Waals surface area contributed by atoms with E-state index in [9.17, 15) is 0 Å². The van der Waals surface area contributed by atoms with Crippen LogP contribution in [-0.4, -0.2) is 0 Å². The first-order valence-corrected chi connectivity index (χ1v) is 5.26. The predicted octanol–water partition coefficient (Wildman–Crippen LogP) is 4.31. The lowest BCUT2D eigenvalue weighted by Gasteiger charge is -2.02. The van der Waals surface area contributed by atoms with E-state index in [0.717, 1.165) is 0 Å². The van der Waals surface area contributed by atoms with E-state index >= 15 is 0 Å². The van der Waals surface area contributed by atoms with Crippen molar-refractivity contribution >= 4 is 16.7 Å². The average molecular weight is 190 g/mol. The third-order valence-electron chi connectivity index (χ3n) is 1.65. The second kappa shape index (κ2) is 5.65. The Morgan fingerprint density at radius 2 is 1.85 bits per heavy atom. The van der Waals surface area contributed by atoms with E-state index in [-0.39, 0.29) is 0 Å². The van der Waals surface area contributed by atoms with E-state index in [0.29, 0.717) is 0 Å². The zero-order valence-electron chi connectivity index (χ0n) is 8.03. The van der Waals surface area contributed by atoms with Crippen molar-refractivity contribution in [2.45, 2.75) is 13.8 Å². The molecule has 0 nitrogen and oxygen atoms in total. The summed E-state index contributed by atoms with van der Waals surface area (Å²) in [5.74, 6) is 0. The molecule has 1 heteroatoms. The summed E-state index contributed by atoms with van der Waals surface area (Å²) >= 11 is 1.76. The van der Waals surface area contributed by atoms with Crippen LogP contribution in [0.1, 0.15) is 19.4 Å². The monoisotopic (exact) mass is 190 g/mol. The number of allylic oxidation sites excluding steroid dienone is 2. The Bertz CT molecular complexity index is 296. The largest absolute Gasteiger partial charge is 0.0981 e. The van der Waals surface area contributed by atoms with E-state index in [1.54, 1.807) is 11.8 Å². The third kappa shape index (κ3) is 3.11. The molecule has 0 atom stereocenters. The van der Waals surface area contributed by atoms with Gasteiger partial charge in [0.15, 0.2) is 0 Å². The number of thioether (sulfide) groups is 1. The molecule has 0 N–H and O–H groups in total. The number of hydrogen-bond acceptors (Lipinski definition) is 1. The molecule has 0 spiro atoms. The molecule has 13 heavy (non-hydrogen) atoms. The zero-order chi connectivity index (χ0) is 9.52. The van der Waals surface area contributed by atoms with E-state index in [1.165, 1.54) is 10.5 Å². The number of hydrogen-bond donors (Lipinski definition) is 0. The van der Waals surface area contributed by atoms with Crippen molar-refractivity contribution in [3.05, 3.63) is 53.5 Å². The highest BCUT2D eigenvalue weighted by atomic mass is 32.2. The highest BCUT2D eigenvalue weighted by Gasteiger charge is 1.96. The molecule has 68 valence electrons. The van der Waals surface area contributed by atoms with Gasteiger partial charge in [0, 0.05) is 4.91 Å². The van der Waals surface area contributed by atoms with Crippen LogP contribution in [0.5, 0.6) is 0 Å². The molecular formula is C12H14S. The van der Waals surface area contributed by atoms with Gasteiger partial charge in [-0.3, -0.25) is 0 Å². The summed E-state index contributed by atoms with van der Waals surface area (Å²) in [5.41, 5.74) is 1.29. The minimum atomic E-state index is 1.29. The summed E-state index contributed by atoms with van der Waals surface area (Å²) in [6.07, 6.45) is 4.19. The van der Waals surface area contributed by atoms with Crippen LogP contribution in [0.25, 0.3) is 4.91 Å². The maximum atomic E-state index is 2.14. The number of rotatable bonds is 3. The highest BCUT2D eigenvalue weighted by molar-refractivity contribution is 8.10. The Balaban J connectivity index is 2.80. The zero-order valence-corrected chi connectivity index (χ0v) is 8.84. The molecule has 0 heterocycles. The fourth-order valence-corrected chi connectivity index (χ4v) is 1.74. The van der Waals surface area contributed by atoms with Crippen LogP contribution in [0.3, 0.4) is 0 Å². The van der Waals surface area contributed by atoms with Gasteiger partial charge in [-0.1, -0.05) is 54.2 Å². The lowest BCUT2D eigenvalue weighted by molar-refractivity contribution is 1.63. The standard InChI is InChI=1S/C12H14S/c1-3-10-13-12(4-2)11-8-6-5-7-9-11/h3-10H,1-2H3. The smallest absolute Gasteiger partial charge is 0.0145 e. The summed E-state index contributed by atoms with van der Waals surface area (Å²) in [5, 5.41) is 2.10. The third-order valence-corrected chi connectivity index (χ3v) is 2.79. The molecule has 1 rings (SSSR count). The molecule has 0 bridgehead atoms. The van der Waals surface area contributed by atoms with Crippen LogP contribution in [0.2, 0.25) is 0 Å². The molecule has 0 aliphatic rings. The summed E-state index contributed by atoms with van der Waals surface area (Å²) in [6, 6.07) is 10.4. The topological polar surface area (TPSA) is 0 Å². The van der Waals surface area contributed by atoms with Crippen LogP contribution >= 0.6 is 11.8 Å². The molecule has 1 aromatic rings. The molecule has 0 unspecified atom stereocenters. The normalized spacial score (nSPS) is 12.3. The second-order valence-electron chi connectivity index (χ2n) is 2.61. The van der Waals surface area contributed by atoms with E-state index in [1.807, 2.05) is 13.0 Å². The average Bonchev–Trinajstić information content (AvgIpc) is 2.21. The molecule has 0 aromatic heterocycles. The van der Waals surface area contributed by atoms with Crippen molar-refractivity contribution < 1.29 is 0 Å². The van der Waals surface area contributed by atoms with Crippen molar-refractivity contribution in [3.63, 3.8) is 0 Å². The fraction of sp³-hybridized carbons (Fsp3) is 0.167. The van der Waals surface area contributed by atoms with Gasteiger partial charge in [-0.2, -0.15) is 0 Å². The maximum absolute atomic E-state index is 2.14. The molecule has 0 saturated carbocycles. The Labute approximate surface area is 84.4 Å². The Hall–Kier alpha value is -0.950. The van der Waals surface area contributed by atoms with Gasteiger partial charge in [0.1, 0.15) is 0 Å². The molecule has 0 amide bonds. The molecule has 0 fully saturated rings. The lowest BCUT2D eigenvalue weighted by Crippen LogP contribution is -1.75. The minimum Gasteiger partial charge on any atom is -0.0981 e. The fourth-order valence-electron chi connectivity index (χ4n) is 1.05.